The Hall–Kier alpha value is -2.20. The fraction of sp³-hybridized carbons (Fsp3) is 0.886. The van der Waals surface area contributed by atoms with Crippen molar-refractivity contribution in [1.29, 1.82) is 0 Å². The number of aliphatic carboxylic acids is 4. The molecule has 2 unspecified atom stereocenters. The van der Waals surface area contributed by atoms with Crippen molar-refractivity contribution in [3.8, 4) is 0 Å². The molecule has 0 aliphatic heterocycles. The van der Waals surface area contributed by atoms with Gasteiger partial charge in [-0.05, 0) is 38.0 Å². The molecule has 0 saturated carbocycles. The quantitative estimate of drug-likeness (QED) is 0.0496. The molecule has 0 heterocycles. The van der Waals surface area contributed by atoms with E-state index in [0.29, 0.717) is 18.8 Å². The van der Waals surface area contributed by atoms with Gasteiger partial charge in [0.25, 0.3) is 0 Å². The van der Waals surface area contributed by atoms with Gasteiger partial charge in [0, 0.05) is 26.1 Å². The molecule has 0 fully saturated rings. The molecule has 270 valence electrons. The number of hydrogen-bond donors (Lipinski definition) is 6. The minimum atomic E-state index is -0.946. The number of carboxylic acids is 4. The highest BCUT2D eigenvalue weighted by Crippen LogP contribution is 2.12. The van der Waals surface area contributed by atoms with Gasteiger partial charge in [0.1, 0.15) is 0 Å². The van der Waals surface area contributed by atoms with Crippen LogP contribution < -0.4 is 0 Å². The van der Waals surface area contributed by atoms with Gasteiger partial charge in [-0.25, -0.2) is 0 Å². The van der Waals surface area contributed by atoms with Gasteiger partial charge in [-0.2, -0.15) is 0 Å². The molecule has 0 bridgehead atoms. The average Bonchev–Trinajstić information content (AvgIpc) is 2.96. The van der Waals surface area contributed by atoms with Gasteiger partial charge in [-0.1, -0.05) is 125 Å². The van der Waals surface area contributed by atoms with Crippen molar-refractivity contribution < 1.29 is 49.8 Å². The molecule has 0 aliphatic rings. The van der Waals surface area contributed by atoms with Crippen LogP contribution in [0.4, 0.5) is 0 Å². The molecule has 2 atom stereocenters. The molecule has 0 aromatic heterocycles. The number of rotatable bonds is 26. The summed E-state index contributed by atoms with van der Waals surface area (Å²) in [7, 11) is 0. The molecular formula is C35H70O10. The summed E-state index contributed by atoms with van der Waals surface area (Å²) in [5.74, 6) is -3.92. The summed E-state index contributed by atoms with van der Waals surface area (Å²) >= 11 is 0. The van der Waals surface area contributed by atoms with E-state index in [2.05, 4.69) is 13.8 Å². The standard InChI is InChI=1S/2C11H22O2.C7H12O4.C6H14O2/c2*1-2-3-4-5-6-7-8-9-10-11(12)13;1-4(6(8)9)3-5(2)7(10)11;1-6(2-4-7)3-5-8/h2*2-10H2,1H3,(H,12,13);4-5H,3H2,1-2H3,(H,8,9)(H,10,11);6-8H,2-5H2,1H3. The number of aliphatic hydroxyl groups is 2. The first-order valence-corrected chi connectivity index (χ1v) is 17.4. The van der Waals surface area contributed by atoms with Gasteiger partial charge in [-0.15, -0.1) is 0 Å². The first kappa shape index (κ1) is 49.7. The molecule has 0 aliphatic carbocycles. The van der Waals surface area contributed by atoms with Crippen molar-refractivity contribution >= 4 is 23.9 Å². The Kier molecular flexibility index (Phi) is 44.0. The zero-order valence-corrected chi connectivity index (χ0v) is 29.3. The van der Waals surface area contributed by atoms with E-state index in [1.807, 2.05) is 6.92 Å². The Bertz CT molecular complexity index is 615. The number of aliphatic hydroxyl groups excluding tert-OH is 2. The Labute approximate surface area is 274 Å². The Morgan fingerprint density at radius 2 is 0.733 bits per heavy atom. The monoisotopic (exact) mass is 650 g/mol. The van der Waals surface area contributed by atoms with E-state index in [-0.39, 0.29) is 19.6 Å². The summed E-state index contributed by atoms with van der Waals surface area (Å²) in [6, 6.07) is 0. The maximum Gasteiger partial charge on any atom is 0.306 e. The highest BCUT2D eigenvalue weighted by atomic mass is 16.4. The Balaban J connectivity index is -0.000000253. The van der Waals surface area contributed by atoms with E-state index < -0.39 is 35.7 Å². The zero-order valence-electron chi connectivity index (χ0n) is 29.3. The van der Waals surface area contributed by atoms with E-state index in [1.54, 1.807) is 0 Å². The van der Waals surface area contributed by atoms with Gasteiger partial charge < -0.3 is 30.6 Å². The van der Waals surface area contributed by atoms with Crippen LogP contribution in [0.1, 0.15) is 169 Å². The third-order valence-corrected chi connectivity index (χ3v) is 7.28. The van der Waals surface area contributed by atoms with Crippen molar-refractivity contribution in [2.45, 2.75) is 169 Å². The summed E-state index contributed by atoms with van der Waals surface area (Å²) in [5, 5.41) is 50.4. The average molecular weight is 651 g/mol. The molecule has 0 radical (unpaired) electrons. The van der Waals surface area contributed by atoms with E-state index in [1.165, 1.54) is 90.9 Å². The van der Waals surface area contributed by atoms with Crippen molar-refractivity contribution in [2.75, 3.05) is 13.2 Å². The lowest BCUT2D eigenvalue weighted by Gasteiger charge is -2.08. The summed E-state index contributed by atoms with van der Waals surface area (Å²) in [6.45, 7) is 9.93. The predicted octanol–water partition coefficient (Wildman–Crippen LogP) is 8.41. The molecule has 10 heteroatoms. The molecule has 0 saturated heterocycles. The van der Waals surface area contributed by atoms with Crippen LogP contribution in [-0.4, -0.2) is 67.7 Å². The van der Waals surface area contributed by atoms with E-state index in [0.717, 1.165) is 38.5 Å². The fourth-order valence-corrected chi connectivity index (χ4v) is 4.14. The molecule has 6 N–H and O–H groups in total. The normalized spacial score (nSPS) is 11.6. The van der Waals surface area contributed by atoms with Gasteiger partial charge in [0.2, 0.25) is 0 Å². The Morgan fingerprint density at radius 3 is 0.956 bits per heavy atom. The SMILES string of the molecule is CC(CC(C)C(=O)O)C(=O)O.CC(CCO)CCO.CCCCCCCCCCC(=O)O.CCCCCCCCCCC(=O)O. The fourth-order valence-electron chi connectivity index (χ4n) is 4.14. The number of hydrogen-bond acceptors (Lipinski definition) is 6. The summed E-state index contributed by atoms with van der Waals surface area (Å²) < 4.78 is 0. The van der Waals surface area contributed by atoms with Crippen LogP contribution in [-0.2, 0) is 19.2 Å². The van der Waals surface area contributed by atoms with Crippen LogP contribution in [0.25, 0.3) is 0 Å². The molecule has 0 spiro atoms. The highest BCUT2D eigenvalue weighted by molar-refractivity contribution is 5.73. The Morgan fingerprint density at radius 1 is 0.467 bits per heavy atom. The van der Waals surface area contributed by atoms with Crippen LogP contribution in [0.15, 0.2) is 0 Å². The van der Waals surface area contributed by atoms with Crippen LogP contribution in [0.5, 0.6) is 0 Å². The summed E-state index contributed by atoms with van der Waals surface area (Å²) in [6.07, 6.45) is 21.9. The number of unbranched alkanes of at least 4 members (excludes halogenated alkanes) is 14. The maximum absolute atomic E-state index is 10.3. The minimum Gasteiger partial charge on any atom is -0.481 e. The van der Waals surface area contributed by atoms with Crippen molar-refractivity contribution in [2.24, 2.45) is 17.8 Å². The number of carbonyl (C=O) groups is 4. The van der Waals surface area contributed by atoms with Gasteiger partial charge in [0.05, 0.1) is 11.8 Å². The molecular weight excluding hydrogens is 580 g/mol. The van der Waals surface area contributed by atoms with Gasteiger partial charge in [0.15, 0.2) is 0 Å². The first-order chi connectivity index (χ1) is 21.3. The maximum atomic E-state index is 10.3. The van der Waals surface area contributed by atoms with Crippen molar-refractivity contribution in [1.82, 2.24) is 0 Å². The van der Waals surface area contributed by atoms with E-state index >= 15 is 0 Å². The summed E-state index contributed by atoms with van der Waals surface area (Å²) in [4.78, 5) is 40.9. The largest absolute Gasteiger partial charge is 0.481 e. The van der Waals surface area contributed by atoms with Crippen molar-refractivity contribution in [3.05, 3.63) is 0 Å². The second-order valence-corrected chi connectivity index (χ2v) is 12.1. The van der Waals surface area contributed by atoms with E-state index in [4.69, 9.17) is 30.6 Å². The smallest absolute Gasteiger partial charge is 0.306 e. The molecule has 10 nitrogen and oxygen atoms in total. The van der Waals surface area contributed by atoms with Crippen molar-refractivity contribution in [3.63, 3.8) is 0 Å². The van der Waals surface area contributed by atoms with Crippen LogP contribution in [0.3, 0.4) is 0 Å². The topological polar surface area (TPSA) is 190 Å². The minimum absolute atomic E-state index is 0.185. The first-order valence-electron chi connectivity index (χ1n) is 17.4. The third-order valence-electron chi connectivity index (χ3n) is 7.28. The second-order valence-electron chi connectivity index (χ2n) is 12.1. The zero-order chi connectivity index (χ0) is 35.3. The lowest BCUT2D eigenvalue weighted by molar-refractivity contribution is -0.145. The molecule has 0 rings (SSSR count). The molecule has 0 aromatic rings. The van der Waals surface area contributed by atoms with Crippen LogP contribution in [0.2, 0.25) is 0 Å². The second kappa shape index (κ2) is 39.8. The lowest BCUT2D eigenvalue weighted by Crippen LogP contribution is -2.18. The van der Waals surface area contributed by atoms with E-state index in [9.17, 15) is 19.2 Å². The molecule has 0 aromatic carbocycles. The third kappa shape index (κ3) is 51.7. The number of carboxylic acid groups (broad SMARTS) is 4. The van der Waals surface area contributed by atoms with Crippen LogP contribution in [0, 0.1) is 17.8 Å². The predicted molar refractivity (Wildman–Crippen MR) is 181 cm³/mol. The van der Waals surface area contributed by atoms with Gasteiger partial charge in [-0.3, -0.25) is 19.2 Å². The lowest BCUT2D eigenvalue weighted by atomic mass is 9.98. The molecule has 0 amide bonds. The van der Waals surface area contributed by atoms with Gasteiger partial charge >= 0.3 is 23.9 Å². The summed E-state index contributed by atoms with van der Waals surface area (Å²) in [5.41, 5.74) is 0. The highest BCUT2D eigenvalue weighted by Gasteiger charge is 2.19. The molecule has 45 heavy (non-hydrogen) atoms. The van der Waals surface area contributed by atoms with Crippen LogP contribution >= 0.6 is 0 Å².